The molecule has 0 spiro atoms. The molecule has 2 heterocycles. The highest BCUT2D eigenvalue weighted by atomic mass is 16.5. The van der Waals surface area contributed by atoms with Gasteiger partial charge in [-0.05, 0) is 18.1 Å². The van der Waals surface area contributed by atoms with Gasteiger partial charge in [0, 0.05) is 38.9 Å². The van der Waals surface area contributed by atoms with E-state index in [1.54, 1.807) is 0 Å². The molecule has 0 saturated carbocycles. The van der Waals surface area contributed by atoms with Gasteiger partial charge >= 0.3 is 0 Å². The van der Waals surface area contributed by atoms with E-state index in [-0.39, 0.29) is 0 Å². The molecule has 2 rings (SSSR count). The predicted octanol–water partition coefficient (Wildman–Crippen LogP) is 1.07. The van der Waals surface area contributed by atoms with Gasteiger partial charge < -0.3 is 10.1 Å². The van der Waals surface area contributed by atoms with Crippen molar-refractivity contribution in [3.05, 3.63) is 29.6 Å². The molecule has 0 amide bonds. The molecule has 0 unspecified atom stereocenters. The van der Waals surface area contributed by atoms with Crippen molar-refractivity contribution in [3.63, 3.8) is 0 Å². The SMILES string of the molecule is CCc1cccnc1CNCCN1CCOCC1. The Morgan fingerprint density at radius 3 is 3.00 bits per heavy atom. The standard InChI is InChI=1S/C14H23N3O/c1-2-13-4-3-5-16-14(13)12-15-6-7-17-8-10-18-11-9-17/h3-5,15H,2,6-12H2,1H3. The van der Waals surface area contributed by atoms with Gasteiger partial charge in [-0.15, -0.1) is 0 Å². The topological polar surface area (TPSA) is 37.4 Å². The molecule has 1 fully saturated rings. The summed E-state index contributed by atoms with van der Waals surface area (Å²) in [6, 6.07) is 4.17. The molecule has 1 N–H and O–H groups in total. The van der Waals surface area contributed by atoms with Gasteiger partial charge in [0.1, 0.15) is 0 Å². The molecule has 0 atom stereocenters. The molecule has 4 nitrogen and oxygen atoms in total. The number of hydrogen-bond donors (Lipinski definition) is 1. The second-order valence-electron chi connectivity index (χ2n) is 4.59. The van der Waals surface area contributed by atoms with Crippen molar-refractivity contribution in [1.82, 2.24) is 15.2 Å². The molecule has 1 aliphatic rings. The van der Waals surface area contributed by atoms with Crippen LogP contribution in [0, 0.1) is 0 Å². The molecular weight excluding hydrogens is 226 g/mol. The highest BCUT2D eigenvalue weighted by Gasteiger charge is 2.09. The average molecular weight is 249 g/mol. The lowest BCUT2D eigenvalue weighted by Crippen LogP contribution is -2.40. The van der Waals surface area contributed by atoms with Crippen molar-refractivity contribution in [2.45, 2.75) is 19.9 Å². The molecule has 1 aromatic rings. The predicted molar refractivity (Wildman–Crippen MR) is 72.6 cm³/mol. The fourth-order valence-electron chi connectivity index (χ4n) is 2.22. The zero-order chi connectivity index (χ0) is 12.6. The van der Waals surface area contributed by atoms with Crippen LogP contribution in [0.1, 0.15) is 18.2 Å². The van der Waals surface area contributed by atoms with Crippen molar-refractivity contribution in [2.24, 2.45) is 0 Å². The lowest BCUT2D eigenvalue weighted by atomic mass is 10.1. The lowest BCUT2D eigenvalue weighted by molar-refractivity contribution is 0.0384. The summed E-state index contributed by atoms with van der Waals surface area (Å²) < 4.78 is 5.33. The van der Waals surface area contributed by atoms with E-state index in [4.69, 9.17) is 4.74 Å². The van der Waals surface area contributed by atoms with Gasteiger partial charge in [-0.2, -0.15) is 0 Å². The number of ether oxygens (including phenoxy) is 1. The van der Waals surface area contributed by atoms with E-state index in [9.17, 15) is 0 Å². The molecular formula is C14H23N3O. The van der Waals surface area contributed by atoms with E-state index in [2.05, 4.69) is 28.2 Å². The fourth-order valence-corrected chi connectivity index (χ4v) is 2.22. The first kappa shape index (κ1) is 13.5. The molecule has 100 valence electrons. The third kappa shape index (κ3) is 4.05. The molecule has 1 aliphatic heterocycles. The number of hydrogen-bond acceptors (Lipinski definition) is 4. The van der Waals surface area contributed by atoms with Crippen LogP contribution in [0.3, 0.4) is 0 Å². The Bertz CT molecular complexity index is 351. The second kappa shape index (κ2) is 7.46. The third-order valence-electron chi connectivity index (χ3n) is 3.37. The van der Waals surface area contributed by atoms with Crippen molar-refractivity contribution < 1.29 is 4.74 Å². The van der Waals surface area contributed by atoms with Crippen LogP contribution < -0.4 is 5.32 Å². The summed E-state index contributed by atoms with van der Waals surface area (Å²) in [6.45, 7) is 9.03. The zero-order valence-electron chi connectivity index (χ0n) is 11.2. The van der Waals surface area contributed by atoms with Crippen LogP contribution >= 0.6 is 0 Å². The summed E-state index contributed by atoms with van der Waals surface area (Å²) in [5.74, 6) is 0. The maximum atomic E-state index is 5.33. The number of rotatable bonds is 6. The van der Waals surface area contributed by atoms with Crippen LogP contribution in [0.4, 0.5) is 0 Å². The normalized spacial score (nSPS) is 16.9. The molecule has 4 heteroatoms. The van der Waals surface area contributed by atoms with Crippen LogP contribution in [0.15, 0.2) is 18.3 Å². The van der Waals surface area contributed by atoms with Crippen molar-refractivity contribution in [1.29, 1.82) is 0 Å². The van der Waals surface area contributed by atoms with E-state index in [1.807, 2.05) is 12.3 Å². The largest absolute Gasteiger partial charge is 0.379 e. The molecule has 18 heavy (non-hydrogen) atoms. The third-order valence-corrected chi connectivity index (χ3v) is 3.37. The van der Waals surface area contributed by atoms with Crippen molar-refractivity contribution >= 4 is 0 Å². The monoisotopic (exact) mass is 249 g/mol. The molecule has 0 bridgehead atoms. The Kier molecular flexibility index (Phi) is 5.58. The average Bonchev–Trinajstić information content (AvgIpc) is 2.45. The summed E-state index contributed by atoms with van der Waals surface area (Å²) in [6.07, 6.45) is 2.92. The van der Waals surface area contributed by atoms with E-state index in [1.165, 1.54) is 11.3 Å². The Hall–Kier alpha value is -0.970. The Morgan fingerprint density at radius 2 is 2.22 bits per heavy atom. The van der Waals surface area contributed by atoms with Gasteiger partial charge in [-0.25, -0.2) is 0 Å². The summed E-state index contributed by atoms with van der Waals surface area (Å²) in [5.41, 5.74) is 2.53. The summed E-state index contributed by atoms with van der Waals surface area (Å²) in [7, 11) is 0. The highest BCUT2D eigenvalue weighted by Crippen LogP contribution is 2.05. The summed E-state index contributed by atoms with van der Waals surface area (Å²) >= 11 is 0. The molecule has 0 aromatic carbocycles. The number of morpholine rings is 1. The van der Waals surface area contributed by atoms with Crippen LogP contribution in [-0.4, -0.2) is 49.3 Å². The second-order valence-corrected chi connectivity index (χ2v) is 4.59. The molecule has 0 aliphatic carbocycles. The number of nitrogens with zero attached hydrogens (tertiary/aromatic N) is 2. The maximum Gasteiger partial charge on any atom is 0.0594 e. The van der Waals surface area contributed by atoms with Crippen LogP contribution in [0.25, 0.3) is 0 Å². The minimum Gasteiger partial charge on any atom is -0.379 e. The fraction of sp³-hybridized carbons (Fsp3) is 0.643. The van der Waals surface area contributed by atoms with E-state index in [0.717, 1.165) is 52.4 Å². The number of nitrogens with one attached hydrogen (secondary N) is 1. The van der Waals surface area contributed by atoms with Gasteiger partial charge in [-0.3, -0.25) is 9.88 Å². The van der Waals surface area contributed by atoms with E-state index >= 15 is 0 Å². The van der Waals surface area contributed by atoms with Gasteiger partial charge in [0.2, 0.25) is 0 Å². The summed E-state index contributed by atoms with van der Waals surface area (Å²) in [4.78, 5) is 6.88. The number of pyridine rings is 1. The first-order valence-electron chi connectivity index (χ1n) is 6.83. The summed E-state index contributed by atoms with van der Waals surface area (Å²) in [5, 5.41) is 3.48. The quantitative estimate of drug-likeness (QED) is 0.765. The Balaban J connectivity index is 1.68. The van der Waals surface area contributed by atoms with E-state index < -0.39 is 0 Å². The van der Waals surface area contributed by atoms with Gasteiger partial charge in [0.25, 0.3) is 0 Å². The molecule has 1 aromatic heterocycles. The molecule has 0 radical (unpaired) electrons. The maximum absolute atomic E-state index is 5.33. The molecule has 1 saturated heterocycles. The first-order valence-corrected chi connectivity index (χ1v) is 6.83. The van der Waals surface area contributed by atoms with Gasteiger partial charge in [0.15, 0.2) is 0 Å². The Labute approximate surface area is 109 Å². The lowest BCUT2D eigenvalue weighted by Gasteiger charge is -2.26. The van der Waals surface area contributed by atoms with Crippen LogP contribution in [0.2, 0.25) is 0 Å². The first-order chi connectivity index (χ1) is 8.90. The smallest absolute Gasteiger partial charge is 0.0594 e. The van der Waals surface area contributed by atoms with E-state index in [0.29, 0.717) is 0 Å². The van der Waals surface area contributed by atoms with Gasteiger partial charge in [0.05, 0.1) is 18.9 Å². The number of aromatic nitrogens is 1. The Morgan fingerprint density at radius 1 is 1.39 bits per heavy atom. The van der Waals surface area contributed by atoms with Crippen LogP contribution in [-0.2, 0) is 17.7 Å². The van der Waals surface area contributed by atoms with Crippen molar-refractivity contribution in [2.75, 3.05) is 39.4 Å². The zero-order valence-corrected chi connectivity index (χ0v) is 11.2. The minimum atomic E-state index is 0.869. The van der Waals surface area contributed by atoms with Crippen molar-refractivity contribution in [3.8, 4) is 0 Å². The van der Waals surface area contributed by atoms with Gasteiger partial charge in [-0.1, -0.05) is 13.0 Å². The van der Waals surface area contributed by atoms with Crippen LogP contribution in [0.5, 0.6) is 0 Å². The minimum absolute atomic E-state index is 0.869. The number of aryl methyl sites for hydroxylation is 1. The highest BCUT2D eigenvalue weighted by molar-refractivity contribution is 5.19.